The molecule has 4 nitrogen and oxygen atoms in total. The Hall–Kier alpha value is -2.45. The third kappa shape index (κ3) is 4.28. The van der Waals surface area contributed by atoms with Crippen LogP contribution >= 0.6 is 0 Å². The topological polar surface area (TPSA) is 73.1 Å². The molecule has 0 saturated heterocycles. The minimum absolute atomic E-state index is 0.230. The smallest absolute Gasteiger partial charge is 0.243 e. The fraction of sp³-hybridized carbons (Fsp3) is 0.286. The second-order valence-electron chi connectivity index (χ2n) is 7.06. The Bertz CT molecular complexity index is 1060. The first kappa shape index (κ1) is 21.3. The van der Waals surface area contributed by atoms with E-state index in [1.807, 2.05) is 13.8 Å². The van der Waals surface area contributed by atoms with Gasteiger partial charge in [-0.3, -0.25) is 0 Å². The van der Waals surface area contributed by atoms with Crippen LogP contribution in [0, 0.1) is 5.41 Å². The number of aromatic nitrogens is 1. The van der Waals surface area contributed by atoms with Gasteiger partial charge in [0.05, 0.1) is 5.56 Å². The van der Waals surface area contributed by atoms with Crippen LogP contribution in [-0.4, -0.2) is 13.4 Å². The van der Waals surface area contributed by atoms with Gasteiger partial charge < -0.3 is 0 Å². The lowest BCUT2D eigenvalue weighted by atomic mass is 9.84. The molecule has 2 aromatic rings. The number of nitrogens with zero attached hydrogens (tertiary/aromatic N) is 1. The first-order valence-corrected chi connectivity index (χ1v) is 10.7. The fourth-order valence-corrected chi connectivity index (χ4v) is 3.91. The number of halogens is 3. The Balaban J connectivity index is 2.08. The van der Waals surface area contributed by atoms with Gasteiger partial charge in [0.15, 0.2) is 5.03 Å². The molecular formula is C21H21F3N2O2S. The van der Waals surface area contributed by atoms with E-state index in [4.69, 9.17) is 5.14 Å². The third-order valence-electron chi connectivity index (χ3n) is 5.33. The van der Waals surface area contributed by atoms with E-state index in [-0.39, 0.29) is 10.4 Å². The van der Waals surface area contributed by atoms with E-state index in [2.05, 4.69) is 17.1 Å². The number of benzene rings is 1. The van der Waals surface area contributed by atoms with E-state index in [9.17, 15) is 21.6 Å². The molecule has 1 aliphatic carbocycles. The molecule has 0 atom stereocenters. The van der Waals surface area contributed by atoms with E-state index in [0.29, 0.717) is 11.1 Å². The number of allylic oxidation sites excluding steroid dienone is 4. The van der Waals surface area contributed by atoms with Gasteiger partial charge in [0.25, 0.3) is 10.0 Å². The number of rotatable bonds is 5. The van der Waals surface area contributed by atoms with Gasteiger partial charge in [0, 0.05) is 17.2 Å². The fourth-order valence-electron chi connectivity index (χ4n) is 3.45. The maximum Gasteiger partial charge on any atom is 0.416 e. The molecule has 3 rings (SSSR count). The summed E-state index contributed by atoms with van der Waals surface area (Å²) in [5.74, 6) is 0. The van der Waals surface area contributed by atoms with Crippen molar-refractivity contribution in [3.8, 4) is 0 Å². The molecule has 0 saturated carbocycles. The lowest BCUT2D eigenvalue weighted by Crippen LogP contribution is -2.13. The average molecular weight is 422 g/mol. The Kier molecular flexibility index (Phi) is 5.44. The van der Waals surface area contributed by atoms with Crippen LogP contribution in [0.2, 0.25) is 0 Å². The van der Waals surface area contributed by atoms with Crippen LogP contribution in [0.3, 0.4) is 0 Å². The summed E-state index contributed by atoms with van der Waals surface area (Å²) in [4.78, 5) is 3.94. The summed E-state index contributed by atoms with van der Waals surface area (Å²) in [5, 5.41) is 4.87. The number of hydrogen-bond donors (Lipinski definition) is 1. The van der Waals surface area contributed by atoms with Gasteiger partial charge in [-0.1, -0.05) is 38.1 Å². The SMILES string of the molecule is CCC1(CC)C=C(c2ccc(C(F)(F)F)cc2)C(c2ccc(S(N)(=O)=O)nc2)=C1. The van der Waals surface area contributed by atoms with Gasteiger partial charge in [0.2, 0.25) is 0 Å². The van der Waals surface area contributed by atoms with Crippen LogP contribution in [0.25, 0.3) is 11.1 Å². The minimum atomic E-state index is -4.40. The maximum absolute atomic E-state index is 12.9. The quantitative estimate of drug-likeness (QED) is 0.734. The second-order valence-corrected chi connectivity index (χ2v) is 8.57. The van der Waals surface area contributed by atoms with Crippen molar-refractivity contribution in [2.45, 2.75) is 37.9 Å². The summed E-state index contributed by atoms with van der Waals surface area (Å²) in [6.07, 6.45) is 2.81. The van der Waals surface area contributed by atoms with Crippen LogP contribution in [0.4, 0.5) is 13.2 Å². The number of hydrogen-bond acceptors (Lipinski definition) is 3. The normalized spacial score (nSPS) is 16.5. The molecule has 8 heteroatoms. The summed E-state index contributed by atoms with van der Waals surface area (Å²) < 4.78 is 61.6. The number of primary sulfonamides is 1. The van der Waals surface area contributed by atoms with Gasteiger partial charge in [-0.15, -0.1) is 0 Å². The highest BCUT2D eigenvalue weighted by atomic mass is 32.2. The Morgan fingerprint density at radius 2 is 1.45 bits per heavy atom. The van der Waals surface area contributed by atoms with E-state index in [0.717, 1.165) is 36.1 Å². The van der Waals surface area contributed by atoms with Crippen molar-refractivity contribution in [3.63, 3.8) is 0 Å². The van der Waals surface area contributed by atoms with E-state index < -0.39 is 21.8 Å². The predicted molar refractivity (Wildman–Crippen MR) is 106 cm³/mol. The molecule has 154 valence electrons. The third-order valence-corrected chi connectivity index (χ3v) is 6.16. The van der Waals surface area contributed by atoms with Gasteiger partial charge in [0.1, 0.15) is 0 Å². The lowest BCUT2D eigenvalue weighted by molar-refractivity contribution is -0.137. The van der Waals surface area contributed by atoms with Crippen LogP contribution < -0.4 is 5.14 Å². The molecule has 1 aromatic carbocycles. The molecule has 0 unspecified atom stereocenters. The number of sulfonamides is 1. The Morgan fingerprint density at radius 1 is 0.931 bits per heavy atom. The molecule has 0 fully saturated rings. The number of nitrogens with two attached hydrogens (primary N) is 1. The van der Waals surface area contributed by atoms with Gasteiger partial charge in [-0.25, -0.2) is 18.5 Å². The minimum Gasteiger partial charge on any atom is -0.243 e. The molecule has 1 heterocycles. The number of alkyl halides is 3. The second kappa shape index (κ2) is 7.42. The highest BCUT2D eigenvalue weighted by Crippen LogP contribution is 2.47. The van der Waals surface area contributed by atoms with Crippen molar-refractivity contribution in [2.75, 3.05) is 0 Å². The molecule has 0 bridgehead atoms. The molecule has 2 N–H and O–H groups in total. The molecule has 0 amide bonds. The zero-order valence-electron chi connectivity index (χ0n) is 16.0. The van der Waals surface area contributed by atoms with Crippen LogP contribution in [0.1, 0.15) is 43.4 Å². The molecule has 0 aliphatic heterocycles. The molecule has 29 heavy (non-hydrogen) atoms. The van der Waals surface area contributed by atoms with E-state index in [1.165, 1.54) is 24.4 Å². The average Bonchev–Trinajstić information content (AvgIpc) is 3.07. The standard InChI is InChI=1S/C21H21F3N2O2S/c1-3-20(4-2)11-17(14-5-8-16(9-6-14)21(22,23)24)18(12-20)15-7-10-19(26-13-15)29(25,27)28/h5-13H,3-4H2,1-2H3,(H2,25,27,28). The zero-order chi connectivity index (χ0) is 21.4. The van der Waals surface area contributed by atoms with Crippen LogP contribution in [-0.2, 0) is 16.2 Å². The summed E-state index contributed by atoms with van der Waals surface area (Å²) in [6.45, 7) is 4.10. The zero-order valence-corrected chi connectivity index (χ0v) is 16.8. The van der Waals surface area contributed by atoms with Crippen LogP contribution in [0.15, 0.2) is 59.8 Å². The van der Waals surface area contributed by atoms with Crippen molar-refractivity contribution >= 4 is 21.2 Å². The van der Waals surface area contributed by atoms with Gasteiger partial charge in [-0.05, 0) is 53.8 Å². The number of pyridine rings is 1. The van der Waals surface area contributed by atoms with Crippen molar-refractivity contribution < 1.29 is 21.6 Å². The summed E-state index contributed by atoms with van der Waals surface area (Å²) in [6, 6.07) is 7.97. The molecular weight excluding hydrogens is 401 g/mol. The Morgan fingerprint density at radius 3 is 1.86 bits per heavy atom. The largest absolute Gasteiger partial charge is 0.416 e. The summed E-state index contributed by atoms with van der Waals surface area (Å²) in [5.41, 5.74) is 2.00. The van der Waals surface area contributed by atoms with Crippen molar-refractivity contribution in [1.29, 1.82) is 0 Å². The van der Waals surface area contributed by atoms with E-state index >= 15 is 0 Å². The lowest BCUT2D eigenvalue weighted by Gasteiger charge is -2.20. The van der Waals surface area contributed by atoms with Crippen molar-refractivity contribution in [2.24, 2.45) is 10.6 Å². The molecule has 0 spiro atoms. The van der Waals surface area contributed by atoms with Crippen molar-refractivity contribution in [3.05, 3.63) is 71.4 Å². The highest BCUT2D eigenvalue weighted by Gasteiger charge is 2.32. The van der Waals surface area contributed by atoms with Gasteiger partial charge in [-0.2, -0.15) is 13.2 Å². The van der Waals surface area contributed by atoms with Crippen LogP contribution in [0.5, 0.6) is 0 Å². The predicted octanol–water partition coefficient (Wildman–Crippen LogP) is 5.03. The first-order chi connectivity index (χ1) is 13.5. The van der Waals surface area contributed by atoms with Gasteiger partial charge >= 0.3 is 6.18 Å². The monoisotopic (exact) mass is 422 g/mol. The molecule has 1 aromatic heterocycles. The molecule has 0 radical (unpaired) electrons. The highest BCUT2D eigenvalue weighted by molar-refractivity contribution is 7.89. The van der Waals surface area contributed by atoms with Crippen molar-refractivity contribution in [1.82, 2.24) is 4.98 Å². The summed E-state index contributed by atoms with van der Waals surface area (Å²) in [7, 11) is -3.91. The Labute approximate surface area is 168 Å². The molecule has 1 aliphatic rings. The summed E-state index contributed by atoms with van der Waals surface area (Å²) >= 11 is 0. The van der Waals surface area contributed by atoms with E-state index in [1.54, 1.807) is 6.07 Å². The maximum atomic E-state index is 12.9. The first-order valence-electron chi connectivity index (χ1n) is 9.12.